The SMILES string of the molecule is Cc1ccccc1C(=O)CCN(CCCO)C(C)C. The Morgan fingerprint density at radius 2 is 1.95 bits per heavy atom. The Morgan fingerprint density at radius 3 is 2.53 bits per heavy atom. The average Bonchev–Trinajstić information content (AvgIpc) is 2.38. The molecule has 0 saturated heterocycles. The van der Waals surface area contributed by atoms with Crippen molar-refractivity contribution in [3.8, 4) is 0 Å². The highest BCUT2D eigenvalue weighted by Gasteiger charge is 2.13. The van der Waals surface area contributed by atoms with Crippen LogP contribution in [0.1, 0.15) is 42.6 Å². The summed E-state index contributed by atoms with van der Waals surface area (Å²) in [4.78, 5) is 14.4. The van der Waals surface area contributed by atoms with Gasteiger partial charge >= 0.3 is 0 Å². The topological polar surface area (TPSA) is 40.5 Å². The van der Waals surface area contributed by atoms with Crippen LogP contribution in [-0.4, -0.2) is 41.5 Å². The molecule has 3 nitrogen and oxygen atoms in total. The van der Waals surface area contributed by atoms with Crippen LogP contribution >= 0.6 is 0 Å². The lowest BCUT2D eigenvalue weighted by Gasteiger charge is -2.25. The predicted molar refractivity (Wildman–Crippen MR) is 78.5 cm³/mol. The lowest BCUT2D eigenvalue weighted by molar-refractivity contribution is 0.0952. The van der Waals surface area contributed by atoms with Crippen molar-refractivity contribution in [1.29, 1.82) is 0 Å². The van der Waals surface area contributed by atoms with Gasteiger partial charge in [-0.05, 0) is 32.8 Å². The van der Waals surface area contributed by atoms with E-state index in [0.717, 1.165) is 30.6 Å². The third kappa shape index (κ3) is 5.13. The smallest absolute Gasteiger partial charge is 0.164 e. The monoisotopic (exact) mass is 263 g/mol. The molecule has 1 rings (SSSR count). The van der Waals surface area contributed by atoms with E-state index in [2.05, 4.69) is 18.7 Å². The quantitative estimate of drug-likeness (QED) is 0.733. The number of hydrogen-bond donors (Lipinski definition) is 1. The van der Waals surface area contributed by atoms with Gasteiger partial charge in [-0.1, -0.05) is 24.3 Å². The Hall–Kier alpha value is -1.19. The molecule has 19 heavy (non-hydrogen) atoms. The van der Waals surface area contributed by atoms with Crippen LogP contribution in [0, 0.1) is 6.92 Å². The molecule has 0 heterocycles. The molecule has 1 N–H and O–H groups in total. The van der Waals surface area contributed by atoms with Gasteiger partial charge in [0.15, 0.2) is 5.78 Å². The molecule has 3 heteroatoms. The van der Waals surface area contributed by atoms with E-state index in [1.54, 1.807) is 0 Å². The molecule has 0 aliphatic carbocycles. The predicted octanol–water partition coefficient (Wildman–Crippen LogP) is 2.66. The van der Waals surface area contributed by atoms with Crippen LogP contribution < -0.4 is 0 Å². The molecule has 0 aliphatic rings. The van der Waals surface area contributed by atoms with E-state index in [1.165, 1.54) is 0 Å². The number of ketones is 1. The van der Waals surface area contributed by atoms with Gasteiger partial charge in [-0.25, -0.2) is 0 Å². The number of aryl methyl sites for hydroxylation is 1. The van der Waals surface area contributed by atoms with Crippen molar-refractivity contribution in [2.45, 2.75) is 39.7 Å². The maximum atomic E-state index is 12.2. The van der Waals surface area contributed by atoms with Crippen LogP contribution in [0.3, 0.4) is 0 Å². The van der Waals surface area contributed by atoms with Crippen LogP contribution in [0.15, 0.2) is 24.3 Å². The standard InChI is InChI=1S/C16H25NO2/c1-13(2)17(10-6-12-18)11-9-16(19)15-8-5-4-7-14(15)3/h4-5,7-8,13,18H,6,9-12H2,1-3H3. The first kappa shape index (κ1) is 15.9. The van der Waals surface area contributed by atoms with Crippen molar-refractivity contribution in [1.82, 2.24) is 4.90 Å². The van der Waals surface area contributed by atoms with E-state index in [9.17, 15) is 4.79 Å². The molecule has 0 saturated carbocycles. The van der Waals surface area contributed by atoms with Gasteiger partial charge in [-0.15, -0.1) is 0 Å². The lowest BCUT2D eigenvalue weighted by atomic mass is 10.0. The highest BCUT2D eigenvalue weighted by Crippen LogP contribution is 2.11. The maximum Gasteiger partial charge on any atom is 0.164 e. The van der Waals surface area contributed by atoms with Crippen molar-refractivity contribution >= 4 is 5.78 Å². The molecular formula is C16H25NO2. The van der Waals surface area contributed by atoms with Gasteiger partial charge in [0.25, 0.3) is 0 Å². The molecule has 0 atom stereocenters. The van der Waals surface area contributed by atoms with E-state index in [1.807, 2.05) is 31.2 Å². The zero-order valence-corrected chi connectivity index (χ0v) is 12.2. The summed E-state index contributed by atoms with van der Waals surface area (Å²) in [5, 5.41) is 8.90. The van der Waals surface area contributed by atoms with E-state index in [-0.39, 0.29) is 12.4 Å². The summed E-state index contributed by atoms with van der Waals surface area (Å²) in [6, 6.07) is 8.13. The zero-order chi connectivity index (χ0) is 14.3. The number of carbonyl (C=O) groups excluding carboxylic acids is 1. The van der Waals surface area contributed by atoms with Crippen molar-refractivity contribution in [3.63, 3.8) is 0 Å². The molecule has 0 bridgehead atoms. The molecule has 106 valence electrons. The fourth-order valence-electron chi connectivity index (χ4n) is 2.17. The zero-order valence-electron chi connectivity index (χ0n) is 12.2. The van der Waals surface area contributed by atoms with Gasteiger partial charge in [-0.2, -0.15) is 0 Å². The summed E-state index contributed by atoms with van der Waals surface area (Å²) in [7, 11) is 0. The fraction of sp³-hybridized carbons (Fsp3) is 0.562. The summed E-state index contributed by atoms with van der Waals surface area (Å²) in [5.74, 6) is 0.202. The van der Waals surface area contributed by atoms with Crippen LogP contribution in [-0.2, 0) is 0 Å². The Morgan fingerprint density at radius 1 is 1.26 bits per heavy atom. The van der Waals surface area contributed by atoms with E-state index in [0.29, 0.717) is 12.5 Å². The number of nitrogens with zero attached hydrogens (tertiary/aromatic N) is 1. The molecule has 0 spiro atoms. The highest BCUT2D eigenvalue weighted by molar-refractivity contribution is 5.97. The number of carbonyl (C=O) groups is 1. The second-order valence-corrected chi connectivity index (χ2v) is 5.19. The van der Waals surface area contributed by atoms with Gasteiger partial charge < -0.3 is 10.0 Å². The Labute approximate surface area is 116 Å². The Balaban J connectivity index is 2.54. The van der Waals surface area contributed by atoms with Crippen molar-refractivity contribution < 1.29 is 9.90 Å². The molecule has 1 aromatic rings. The normalized spacial score (nSPS) is 11.3. The second kappa shape index (κ2) is 8.08. The number of rotatable bonds is 8. The average molecular weight is 263 g/mol. The first-order valence-electron chi connectivity index (χ1n) is 7.00. The number of aliphatic hydroxyl groups is 1. The summed E-state index contributed by atoms with van der Waals surface area (Å²) in [5.41, 5.74) is 1.87. The molecule has 0 amide bonds. The van der Waals surface area contributed by atoms with E-state index in [4.69, 9.17) is 5.11 Å². The minimum absolute atomic E-state index is 0.202. The van der Waals surface area contributed by atoms with Gasteiger partial charge in [0.05, 0.1) is 0 Å². The highest BCUT2D eigenvalue weighted by atomic mass is 16.3. The van der Waals surface area contributed by atoms with Crippen molar-refractivity contribution in [3.05, 3.63) is 35.4 Å². The minimum atomic E-state index is 0.202. The van der Waals surface area contributed by atoms with Crippen molar-refractivity contribution in [2.24, 2.45) is 0 Å². The number of Topliss-reactive ketones (excluding diaryl/α,β-unsaturated/α-hetero) is 1. The Bertz CT molecular complexity index is 401. The number of benzene rings is 1. The molecule has 0 unspecified atom stereocenters. The van der Waals surface area contributed by atoms with Gasteiger partial charge in [0.1, 0.15) is 0 Å². The number of aliphatic hydroxyl groups excluding tert-OH is 1. The van der Waals surface area contributed by atoms with Crippen LogP contribution in [0.2, 0.25) is 0 Å². The minimum Gasteiger partial charge on any atom is -0.396 e. The van der Waals surface area contributed by atoms with Crippen LogP contribution in [0.4, 0.5) is 0 Å². The van der Waals surface area contributed by atoms with Crippen LogP contribution in [0.5, 0.6) is 0 Å². The molecule has 1 aromatic carbocycles. The summed E-state index contributed by atoms with van der Waals surface area (Å²) < 4.78 is 0. The van der Waals surface area contributed by atoms with Gasteiger partial charge in [0, 0.05) is 37.7 Å². The van der Waals surface area contributed by atoms with E-state index >= 15 is 0 Å². The second-order valence-electron chi connectivity index (χ2n) is 5.19. The first-order chi connectivity index (χ1) is 9.06. The number of hydrogen-bond acceptors (Lipinski definition) is 3. The largest absolute Gasteiger partial charge is 0.396 e. The third-order valence-electron chi connectivity index (χ3n) is 3.41. The summed E-state index contributed by atoms with van der Waals surface area (Å²) in [6.07, 6.45) is 1.30. The summed E-state index contributed by atoms with van der Waals surface area (Å²) >= 11 is 0. The fourth-order valence-corrected chi connectivity index (χ4v) is 2.17. The molecule has 0 aromatic heterocycles. The molecule has 0 fully saturated rings. The Kier molecular flexibility index (Phi) is 6.74. The lowest BCUT2D eigenvalue weighted by Crippen LogP contribution is -2.34. The van der Waals surface area contributed by atoms with Gasteiger partial charge in [-0.3, -0.25) is 4.79 Å². The molecule has 0 aliphatic heterocycles. The van der Waals surface area contributed by atoms with E-state index < -0.39 is 0 Å². The summed E-state index contributed by atoms with van der Waals surface area (Å²) in [6.45, 7) is 8.01. The molecular weight excluding hydrogens is 238 g/mol. The molecule has 0 radical (unpaired) electrons. The van der Waals surface area contributed by atoms with Crippen molar-refractivity contribution in [2.75, 3.05) is 19.7 Å². The first-order valence-corrected chi connectivity index (χ1v) is 7.00. The van der Waals surface area contributed by atoms with Gasteiger partial charge in [0.2, 0.25) is 0 Å². The third-order valence-corrected chi connectivity index (χ3v) is 3.41. The van der Waals surface area contributed by atoms with Crippen LogP contribution in [0.25, 0.3) is 0 Å². The maximum absolute atomic E-state index is 12.2.